The SMILES string of the molecule is CNc1ncc(-c2nc3ccc(N4CCOC(C)C4)cc3o2)c2cc(NC(=O)C3CC3)ncc12. The van der Waals surface area contributed by atoms with Crippen molar-refractivity contribution >= 4 is 45.1 Å². The van der Waals surface area contributed by atoms with Crippen LogP contribution < -0.4 is 15.5 Å². The van der Waals surface area contributed by atoms with Gasteiger partial charge < -0.3 is 24.7 Å². The van der Waals surface area contributed by atoms with E-state index >= 15 is 0 Å². The zero-order valence-electron chi connectivity index (χ0n) is 19.2. The van der Waals surface area contributed by atoms with Crippen molar-refractivity contribution in [2.45, 2.75) is 25.9 Å². The van der Waals surface area contributed by atoms with Gasteiger partial charge in [0, 0.05) is 61.0 Å². The number of pyridine rings is 2. The summed E-state index contributed by atoms with van der Waals surface area (Å²) in [6, 6.07) is 7.95. The summed E-state index contributed by atoms with van der Waals surface area (Å²) in [6.07, 6.45) is 5.54. The summed E-state index contributed by atoms with van der Waals surface area (Å²) in [4.78, 5) is 28.3. The first-order valence-corrected chi connectivity index (χ1v) is 11.6. The number of nitrogens with zero attached hydrogens (tertiary/aromatic N) is 4. The van der Waals surface area contributed by atoms with Gasteiger partial charge in [-0.1, -0.05) is 0 Å². The second-order valence-electron chi connectivity index (χ2n) is 8.95. The fourth-order valence-electron chi connectivity index (χ4n) is 4.43. The lowest BCUT2D eigenvalue weighted by Gasteiger charge is -2.32. The smallest absolute Gasteiger partial charge is 0.229 e. The summed E-state index contributed by atoms with van der Waals surface area (Å²) in [5.74, 6) is 1.81. The highest BCUT2D eigenvalue weighted by Crippen LogP contribution is 2.35. The average Bonchev–Trinajstić information content (AvgIpc) is 3.62. The fourth-order valence-corrected chi connectivity index (χ4v) is 4.43. The molecule has 9 nitrogen and oxygen atoms in total. The lowest BCUT2D eigenvalue weighted by molar-refractivity contribution is -0.117. The second kappa shape index (κ2) is 8.25. The average molecular weight is 459 g/mol. The number of nitrogens with one attached hydrogen (secondary N) is 2. The molecule has 1 saturated heterocycles. The molecule has 4 aromatic rings. The normalized spacial score (nSPS) is 18.4. The van der Waals surface area contributed by atoms with Crippen LogP contribution in [0.4, 0.5) is 17.3 Å². The Hall–Kier alpha value is -3.72. The van der Waals surface area contributed by atoms with E-state index in [1.54, 1.807) is 12.4 Å². The fraction of sp³-hybridized carbons (Fsp3) is 0.360. The van der Waals surface area contributed by atoms with Gasteiger partial charge in [0.1, 0.15) is 17.2 Å². The first-order valence-electron chi connectivity index (χ1n) is 11.6. The molecule has 0 radical (unpaired) electrons. The molecule has 6 rings (SSSR count). The topological polar surface area (TPSA) is 105 Å². The second-order valence-corrected chi connectivity index (χ2v) is 8.95. The van der Waals surface area contributed by atoms with Gasteiger partial charge in [-0.3, -0.25) is 4.79 Å². The highest BCUT2D eigenvalue weighted by Gasteiger charge is 2.30. The third kappa shape index (κ3) is 3.81. The molecular weight excluding hydrogens is 432 g/mol. The highest BCUT2D eigenvalue weighted by molar-refractivity contribution is 6.03. The maximum Gasteiger partial charge on any atom is 0.229 e. The minimum absolute atomic E-state index is 0.0168. The molecule has 4 heterocycles. The first kappa shape index (κ1) is 20.9. The molecule has 1 saturated carbocycles. The van der Waals surface area contributed by atoms with Crippen LogP contribution in [-0.4, -0.2) is 53.7 Å². The molecule has 174 valence electrons. The summed E-state index contributed by atoms with van der Waals surface area (Å²) < 4.78 is 11.9. The number of anilines is 3. The monoisotopic (exact) mass is 458 g/mol. The van der Waals surface area contributed by atoms with Gasteiger partial charge in [-0.05, 0) is 38.0 Å². The van der Waals surface area contributed by atoms with E-state index < -0.39 is 0 Å². The van der Waals surface area contributed by atoms with Crippen molar-refractivity contribution in [2.24, 2.45) is 5.92 Å². The van der Waals surface area contributed by atoms with Crippen LogP contribution in [0.2, 0.25) is 0 Å². The molecule has 2 N–H and O–H groups in total. The van der Waals surface area contributed by atoms with E-state index in [0.29, 0.717) is 29.7 Å². The van der Waals surface area contributed by atoms with Crippen LogP contribution in [0.5, 0.6) is 0 Å². The van der Waals surface area contributed by atoms with Crippen LogP contribution in [0.3, 0.4) is 0 Å². The molecule has 34 heavy (non-hydrogen) atoms. The van der Waals surface area contributed by atoms with Gasteiger partial charge in [-0.2, -0.15) is 0 Å². The van der Waals surface area contributed by atoms with Crippen LogP contribution in [0.25, 0.3) is 33.3 Å². The molecule has 2 fully saturated rings. The number of morpholine rings is 1. The summed E-state index contributed by atoms with van der Waals surface area (Å²) in [6.45, 7) is 4.48. The van der Waals surface area contributed by atoms with E-state index in [1.807, 2.05) is 25.2 Å². The number of rotatable bonds is 5. The van der Waals surface area contributed by atoms with Crippen LogP contribution in [0.15, 0.2) is 41.1 Å². The van der Waals surface area contributed by atoms with E-state index in [1.165, 1.54) is 0 Å². The molecule has 1 unspecified atom stereocenters. The predicted molar refractivity (Wildman–Crippen MR) is 131 cm³/mol. The number of oxazole rings is 1. The molecule has 1 atom stereocenters. The number of hydrogen-bond donors (Lipinski definition) is 2. The van der Waals surface area contributed by atoms with Gasteiger partial charge in [0.15, 0.2) is 5.58 Å². The maximum atomic E-state index is 12.3. The van der Waals surface area contributed by atoms with Crippen LogP contribution in [-0.2, 0) is 9.53 Å². The molecule has 1 aliphatic heterocycles. The van der Waals surface area contributed by atoms with Crippen LogP contribution in [0, 0.1) is 5.92 Å². The minimum atomic E-state index is 0.0168. The van der Waals surface area contributed by atoms with Crippen molar-refractivity contribution in [3.05, 3.63) is 36.7 Å². The Kier molecular flexibility index (Phi) is 5.06. The van der Waals surface area contributed by atoms with E-state index in [9.17, 15) is 4.79 Å². The quantitative estimate of drug-likeness (QED) is 0.461. The lowest BCUT2D eigenvalue weighted by Crippen LogP contribution is -2.41. The Morgan fingerprint density at radius 1 is 1.15 bits per heavy atom. The molecular formula is C25H26N6O3. The Labute approximate surface area is 196 Å². The number of carbonyl (C=O) groups is 1. The van der Waals surface area contributed by atoms with Crippen molar-refractivity contribution < 1.29 is 13.9 Å². The summed E-state index contributed by atoms with van der Waals surface area (Å²) in [5.41, 5.74) is 3.33. The van der Waals surface area contributed by atoms with Gasteiger partial charge in [-0.15, -0.1) is 0 Å². The third-order valence-electron chi connectivity index (χ3n) is 6.42. The summed E-state index contributed by atoms with van der Waals surface area (Å²) in [5, 5.41) is 7.72. The van der Waals surface area contributed by atoms with E-state index in [0.717, 1.165) is 53.5 Å². The van der Waals surface area contributed by atoms with Gasteiger partial charge in [0.2, 0.25) is 11.8 Å². The molecule has 9 heteroatoms. The van der Waals surface area contributed by atoms with E-state index in [4.69, 9.17) is 14.1 Å². The van der Waals surface area contributed by atoms with Gasteiger partial charge >= 0.3 is 0 Å². The molecule has 0 spiro atoms. The summed E-state index contributed by atoms with van der Waals surface area (Å²) >= 11 is 0. The third-order valence-corrected chi connectivity index (χ3v) is 6.42. The number of benzene rings is 1. The van der Waals surface area contributed by atoms with Crippen molar-refractivity contribution in [3.8, 4) is 11.5 Å². The highest BCUT2D eigenvalue weighted by atomic mass is 16.5. The van der Waals surface area contributed by atoms with Crippen molar-refractivity contribution in [3.63, 3.8) is 0 Å². The maximum absolute atomic E-state index is 12.3. The first-order chi connectivity index (χ1) is 16.6. The Balaban J connectivity index is 1.40. The standard InChI is InChI=1S/C25H26N6O3/c1-14-13-31(7-8-33-14)16-5-6-20-21(9-16)34-25(29-20)19-12-28-23(26-2)18-11-27-22(10-17(18)19)30-24(32)15-3-4-15/h5-6,9-12,14-15H,3-4,7-8,13H2,1-2H3,(H,26,28)(H,27,30,32). The van der Waals surface area contributed by atoms with Crippen LogP contribution in [0.1, 0.15) is 19.8 Å². The van der Waals surface area contributed by atoms with E-state index in [-0.39, 0.29) is 17.9 Å². The van der Waals surface area contributed by atoms with Crippen LogP contribution >= 0.6 is 0 Å². The minimum Gasteiger partial charge on any atom is -0.436 e. The lowest BCUT2D eigenvalue weighted by atomic mass is 10.1. The predicted octanol–water partition coefficient (Wildman–Crippen LogP) is 4.05. The van der Waals surface area contributed by atoms with Crippen molar-refractivity contribution in [2.75, 3.05) is 42.3 Å². The zero-order chi connectivity index (χ0) is 23.2. The summed E-state index contributed by atoms with van der Waals surface area (Å²) in [7, 11) is 1.82. The molecule has 1 aromatic carbocycles. The number of aromatic nitrogens is 3. The Morgan fingerprint density at radius 2 is 2.03 bits per heavy atom. The molecule has 3 aromatic heterocycles. The molecule has 0 bridgehead atoms. The molecule has 1 amide bonds. The Morgan fingerprint density at radius 3 is 2.82 bits per heavy atom. The van der Waals surface area contributed by atoms with E-state index in [2.05, 4.69) is 38.5 Å². The molecule has 2 aliphatic rings. The number of carbonyl (C=O) groups excluding carboxylic acids is 1. The number of ether oxygens (including phenoxy) is 1. The van der Waals surface area contributed by atoms with Crippen molar-refractivity contribution in [1.29, 1.82) is 0 Å². The number of amides is 1. The van der Waals surface area contributed by atoms with Gasteiger partial charge in [0.05, 0.1) is 18.3 Å². The van der Waals surface area contributed by atoms with Crippen molar-refractivity contribution in [1.82, 2.24) is 15.0 Å². The molecule has 1 aliphatic carbocycles. The zero-order valence-corrected chi connectivity index (χ0v) is 19.2. The van der Waals surface area contributed by atoms with Gasteiger partial charge in [0.25, 0.3) is 0 Å². The number of hydrogen-bond acceptors (Lipinski definition) is 8. The van der Waals surface area contributed by atoms with Gasteiger partial charge in [-0.25, -0.2) is 15.0 Å². The largest absolute Gasteiger partial charge is 0.436 e. The number of fused-ring (bicyclic) bond motifs is 2. The Bertz CT molecular complexity index is 1400.